The molecule has 0 aromatic heterocycles. The molecule has 100 valence electrons. The van der Waals surface area contributed by atoms with Crippen LogP contribution in [0.5, 0.6) is 0 Å². The third-order valence-corrected chi connectivity index (χ3v) is 3.20. The van der Waals surface area contributed by atoms with Crippen LogP contribution in [0.15, 0.2) is 34.3 Å². The first-order valence-electron chi connectivity index (χ1n) is 5.11. The minimum absolute atomic E-state index is 0.115. The minimum Gasteiger partial charge on any atom is -0.353 e. The molecule has 1 amide bonds. The number of nitrogens with one attached hydrogen (secondary N) is 1. The number of benzene rings is 1. The Bertz CT molecular complexity index is 642. The summed E-state index contributed by atoms with van der Waals surface area (Å²) in [7, 11) is -2.86. The van der Waals surface area contributed by atoms with Gasteiger partial charge in [0.15, 0.2) is 0 Å². The van der Waals surface area contributed by atoms with Crippen LogP contribution in [0, 0.1) is 18.3 Å². The average molecular weight is 281 g/mol. The summed E-state index contributed by atoms with van der Waals surface area (Å²) in [6.07, 6.45) is 0. The molecule has 1 aromatic carbocycles. The van der Waals surface area contributed by atoms with Gasteiger partial charge in [-0.2, -0.15) is 13.7 Å². The van der Waals surface area contributed by atoms with Gasteiger partial charge in [-0.1, -0.05) is 17.7 Å². The number of carbonyl (C=O) groups is 1. The standard InChI is InChI=1S/C11H11N3O4S/c1-8-3-5-9(6-4-8)19(16,17)18-14-10(7-12)11(15)13-2/h3-6H,1-2H3,(H,13,15). The van der Waals surface area contributed by atoms with Gasteiger partial charge >= 0.3 is 10.1 Å². The fourth-order valence-corrected chi connectivity index (χ4v) is 1.79. The summed E-state index contributed by atoms with van der Waals surface area (Å²) in [6, 6.07) is 7.29. The summed E-state index contributed by atoms with van der Waals surface area (Å²) in [5, 5.41) is 13.8. The fraction of sp³-hybridized carbons (Fsp3) is 0.182. The Kier molecular flexibility index (Phi) is 4.61. The molecule has 7 nitrogen and oxygen atoms in total. The number of hydrogen-bond donors (Lipinski definition) is 1. The predicted octanol–water partition coefficient (Wildman–Crippen LogP) is 0.326. The summed E-state index contributed by atoms with van der Waals surface area (Å²) in [4.78, 5) is 11.0. The first-order chi connectivity index (χ1) is 8.90. The minimum atomic E-state index is -4.14. The van der Waals surface area contributed by atoms with Crippen LogP contribution in [0.25, 0.3) is 0 Å². The lowest BCUT2D eigenvalue weighted by Gasteiger charge is -2.02. The summed E-state index contributed by atoms with van der Waals surface area (Å²) in [5.41, 5.74) is 0.198. The van der Waals surface area contributed by atoms with Gasteiger partial charge in [0.1, 0.15) is 11.0 Å². The number of carbonyl (C=O) groups excluding carboxylic acids is 1. The molecule has 1 aromatic rings. The van der Waals surface area contributed by atoms with Gasteiger partial charge in [0.2, 0.25) is 5.71 Å². The van der Waals surface area contributed by atoms with Crippen LogP contribution in [-0.2, 0) is 19.2 Å². The molecular formula is C11H11N3O4S. The molecule has 0 aliphatic rings. The molecule has 0 saturated carbocycles. The van der Waals surface area contributed by atoms with Gasteiger partial charge < -0.3 is 5.32 Å². The summed E-state index contributed by atoms with van der Waals surface area (Å²) >= 11 is 0. The largest absolute Gasteiger partial charge is 0.358 e. The molecule has 0 saturated heterocycles. The Morgan fingerprint density at radius 3 is 2.42 bits per heavy atom. The van der Waals surface area contributed by atoms with E-state index in [-0.39, 0.29) is 4.90 Å². The van der Waals surface area contributed by atoms with Gasteiger partial charge in [-0.25, -0.2) is 0 Å². The Hall–Kier alpha value is -2.40. The molecule has 19 heavy (non-hydrogen) atoms. The van der Waals surface area contributed by atoms with E-state index in [4.69, 9.17) is 5.26 Å². The van der Waals surface area contributed by atoms with Crippen molar-refractivity contribution in [3.63, 3.8) is 0 Å². The molecule has 0 heterocycles. The molecule has 8 heteroatoms. The maximum atomic E-state index is 11.7. The SMILES string of the molecule is CNC(=O)C(C#N)=NOS(=O)(=O)c1ccc(C)cc1. The number of rotatable bonds is 4. The van der Waals surface area contributed by atoms with Crippen molar-refractivity contribution in [1.29, 1.82) is 5.26 Å². The lowest BCUT2D eigenvalue weighted by molar-refractivity contribution is -0.114. The van der Waals surface area contributed by atoms with E-state index in [0.717, 1.165) is 5.56 Å². The number of nitriles is 1. The maximum absolute atomic E-state index is 11.7. The normalized spacial score (nSPS) is 11.5. The van der Waals surface area contributed by atoms with E-state index in [1.165, 1.54) is 25.2 Å². The fourth-order valence-electron chi connectivity index (χ4n) is 1.07. The zero-order valence-electron chi connectivity index (χ0n) is 10.2. The van der Waals surface area contributed by atoms with Crippen LogP contribution in [0.4, 0.5) is 0 Å². The van der Waals surface area contributed by atoms with Crippen molar-refractivity contribution in [2.45, 2.75) is 11.8 Å². The molecule has 1 N–H and O–H groups in total. The van der Waals surface area contributed by atoms with Crippen LogP contribution < -0.4 is 5.32 Å². The first-order valence-corrected chi connectivity index (χ1v) is 6.52. The van der Waals surface area contributed by atoms with Crippen LogP contribution in [0.3, 0.4) is 0 Å². The maximum Gasteiger partial charge on any atom is 0.358 e. The van der Waals surface area contributed by atoms with Gasteiger partial charge in [0, 0.05) is 7.05 Å². The second-order valence-corrected chi connectivity index (χ2v) is 5.00. The topological polar surface area (TPSA) is 109 Å². The molecule has 1 rings (SSSR count). The molecule has 0 spiro atoms. The van der Waals surface area contributed by atoms with Gasteiger partial charge in [-0.3, -0.25) is 9.08 Å². The third-order valence-electron chi connectivity index (χ3n) is 2.08. The number of nitrogens with zero attached hydrogens (tertiary/aromatic N) is 2. The third kappa shape index (κ3) is 3.79. The number of amides is 1. The Labute approximate surface area is 110 Å². The number of oxime groups is 1. The second-order valence-electron chi connectivity index (χ2n) is 3.47. The lowest BCUT2D eigenvalue weighted by Crippen LogP contribution is -2.26. The Morgan fingerprint density at radius 2 is 1.95 bits per heavy atom. The number of aryl methyl sites for hydroxylation is 1. The van der Waals surface area contributed by atoms with Crippen molar-refractivity contribution in [2.24, 2.45) is 5.16 Å². The summed E-state index contributed by atoms with van der Waals surface area (Å²) < 4.78 is 27.7. The molecule has 0 bridgehead atoms. The smallest absolute Gasteiger partial charge is 0.353 e. The van der Waals surface area contributed by atoms with Crippen molar-refractivity contribution in [1.82, 2.24) is 5.32 Å². The first kappa shape index (κ1) is 14.7. The Morgan fingerprint density at radius 1 is 1.37 bits per heavy atom. The second kappa shape index (κ2) is 5.97. The van der Waals surface area contributed by atoms with Crippen LogP contribution in [0.1, 0.15) is 5.56 Å². The highest BCUT2D eigenvalue weighted by molar-refractivity contribution is 7.86. The zero-order chi connectivity index (χ0) is 14.5. The van der Waals surface area contributed by atoms with Gasteiger partial charge in [-0.15, -0.1) is 0 Å². The molecule has 0 aliphatic heterocycles. The molecule has 0 radical (unpaired) electrons. The van der Waals surface area contributed by atoms with E-state index in [2.05, 4.69) is 14.8 Å². The van der Waals surface area contributed by atoms with Gasteiger partial charge in [0.05, 0.1) is 0 Å². The average Bonchev–Trinajstić information content (AvgIpc) is 2.39. The van der Waals surface area contributed by atoms with E-state index in [0.29, 0.717) is 0 Å². The molecule has 0 atom stereocenters. The van der Waals surface area contributed by atoms with Crippen LogP contribution in [0.2, 0.25) is 0 Å². The van der Waals surface area contributed by atoms with Crippen molar-refractivity contribution in [3.05, 3.63) is 29.8 Å². The highest BCUT2D eigenvalue weighted by atomic mass is 32.2. The van der Waals surface area contributed by atoms with Crippen molar-refractivity contribution >= 4 is 21.7 Å². The van der Waals surface area contributed by atoms with Crippen molar-refractivity contribution < 1.29 is 17.5 Å². The van der Waals surface area contributed by atoms with Gasteiger partial charge in [0.25, 0.3) is 5.91 Å². The summed E-state index contributed by atoms with van der Waals surface area (Å²) in [5.74, 6) is -0.832. The highest BCUT2D eigenvalue weighted by Crippen LogP contribution is 2.13. The lowest BCUT2D eigenvalue weighted by atomic mass is 10.2. The number of hydrogen-bond acceptors (Lipinski definition) is 6. The molecular weight excluding hydrogens is 270 g/mol. The van der Waals surface area contributed by atoms with E-state index in [9.17, 15) is 13.2 Å². The predicted molar refractivity (Wildman–Crippen MR) is 66.6 cm³/mol. The van der Waals surface area contributed by atoms with Crippen LogP contribution >= 0.6 is 0 Å². The Balaban J connectivity index is 2.98. The monoisotopic (exact) mass is 281 g/mol. The molecule has 0 unspecified atom stereocenters. The van der Waals surface area contributed by atoms with E-state index in [1.807, 2.05) is 0 Å². The van der Waals surface area contributed by atoms with Crippen LogP contribution in [-0.4, -0.2) is 27.1 Å². The highest BCUT2D eigenvalue weighted by Gasteiger charge is 2.17. The van der Waals surface area contributed by atoms with E-state index in [1.54, 1.807) is 19.1 Å². The van der Waals surface area contributed by atoms with Gasteiger partial charge in [-0.05, 0) is 24.2 Å². The van der Waals surface area contributed by atoms with Crippen molar-refractivity contribution in [3.8, 4) is 6.07 Å². The van der Waals surface area contributed by atoms with E-state index < -0.39 is 21.7 Å². The molecule has 0 aliphatic carbocycles. The molecule has 0 fully saturated rings. The quantitative estimate of drug-likeness (QED) is 0.631. The van der Waals surface area contributed by atoms with E-state index >= 15 is 0 Å². The summed E-state index contributed by atoms with van der Waals surface area (Å²) in [6.45, 7) is 1.80. The van der Waals surface area contributed by atoms with Crippen molar-refractivity contribution in [2.75, 3.05) is 7.05 Å². The zero-order valence-corrected chi connectivity index (χ0v) is 11.1.